The molecule has 0 aliphatic rings. The summed E-state index contributed by atoms with van der Waals surface area (Å²) in [6.07, 6.45) is 5.23. The van der Waals surface area contributed by atoms with Crippen LogP contribution in [0.25, 0.3) is 6.08 Å². The largest absolute Gasteiger partial charge is 0.624 e. The van der Waals surface area contributed by atoms with Gasteiger partial charge in [-0.05, 0) is 30.7 Å². The van der Waals surface area contributed by atoms with Crippen molar-refractivity contribution in [2.45, 2.75) is 6.92 Å². The molecule has 1 aromatic rings. The van der Waals surface area contributed by atoms with Crippen LogP contribution in [-0.4, -0.2) is 18.0 Å². The fraction of sp³-hybridized carbons (Fsp3) is 0.167. The second-order valence-corrected chi connectivity index (χ2v) is 2.90. The number of hydrogen-bond acceptors (Lipinski definition) is 1. The molecule has 0 bridgehead atoms. The van der Waals surface area contributed by atoms with Crippen LogP contribution in [0.5, 0.6) is 0 Å². The second kappa shape index (κ2) is 5.05. The van der Waals surface area contributed by atoms with Crippen molar-refractivity contribution < 1.29 is 4.74 Å². The van der Waals surface area contributed by atoms with E-state index in [1.54, 1.807) is 6.21 Å². The lowest BCUT2D eigenvalue weighted by molar-refractivity contribution is -0.416. The molecule has 14 heavy (non-hydrogen) atoms. The van der Waals surface area contributed by atoms with E-state index < -0.39 is 0 Å². The van der Waals surface area contributed by atoms with Crippen molar-refractivity contribution in [1.82, 2.24) is 0 Å². The first-order valence-electron chi connectivity index (χ1n) is 4.45. The average molecular weight is 187 g/mol. The van der Waals surface area contributed by atoms with Gasteiger partial charge < -0.3 is 5.21 Å². The van der Waals surface area contributed by atoms with Crippen molar-refractivity contribution >= 4 is 12.3 Å². The standard InChI is InChI=1S/C12H13NO/c1-3-4-7-11-8-5-6-9-12(11)10-13(2)14/h3,5-10H,1-2H3/b13-10-. The maximum Gasteiger partial charge on any atom is 0.182 e. The van der Waals surface area contributed by atoms with Gasteiger partial charge in [0, 0.05) is 5.56 Å². The highest BCUT2D eigenvalue weighted by atomic mass is 16.5. The summed E-state index contributed by atoms with van der Waals surface area (Å²) in [5.74, 6) is 0. The van der Waals surface area contributed by atoms with Crippen molar-refractivity contribution in [3.63, 3.8) is 0 Å². The Kier molecular flexibility index (Phi) is 3.71. The van der Waals surface area contributed by atoms with Gasteiger partial charge >= 0.3 is 0 Å². The Bertz CT molecular complexity index is 395. The second-order valence-electron chi connectivity index (χ2n) is 2.90. The molecule has 1 aromatic carbocycles. The molecule has 0 saturated carbocycles. The van der Waals surface area contributed by atoms with Crippen LogP contribution in [0.15, 0.2) is 36.1 Å². The van der Waals surface area contributed by atoms with Gasteiger partial charge in [0.05, 0.1) is 0 Å². The molecule has 0 saturated heterocycles. The molecule has 2 nitrogen and oxygen atoms in total. The fourth-order valence-corrected chi connectivity index (χ4v) is 1.13. The van der Waals surface area contributed by atoms with Crippen molar-refractivity contribution in [3.8, 4) is 0 Å². The molecule has 0 fully saturated rings. The SMILES string of the molecule is CC=C=Cc1ccccc1/C=[N+](/C)[O-]. The zero-order valence-corrected chi connectivity index (χ0v) is 8.40. The first kappa shape index (κ1) is 10.3. The van der Waals surface area contributed by atoms with Gasteiger partial charge in [-0.2, -0.15) is 0 Å². The maximum absolute atomic E-state index is 10.9. The third-order valence-corrected chi connectivity index (χ3v) is 1.72. The van der Waals surface area contributed by atoms with Crippen LogP contribution >= 0.6 is 0 Å². The van der Waals surface area contributed by atoms with Crippen LogP contribution in [-0.2, 0) is 0 Å². The smallest absolute Gasteiger partial charge is 0.182 e. The third kappa shape index (κ3) is 2.92. The van der Waals surface area contributed by atoms with Crippen molar-refractivity contribution in [2.24, 2.45) is 0 Å². The minimum absolute atomic E-state index is 0.794. The van der Waals surface area contributed by atoms with E-state index in [0.29, 0.717) is 0 Å². The van der Waals surface area contributed by atoms with E-state index in [2.05, 4.69) is 5.73 Å². The molecule has 0 aliphatic heterocycles. The molecule has 0 spiro atoms. The molecule has 0 aliphatic carbocycles. The maximum atomic E-state index is 10.9. The van der Waals surface area contributed by atoms with Crippen molar-refractivity contribution in [2.75, 3.05) is 7.05 Å². The van der Waals surface area contributed by atoms with Crippen LogP contribution in [0, 0.1) is 5.21 Å². The minimum Gasteiger partial charge on any atom is -0.624 e. The predicted molar refractivity (Wildman–Crippen MR) is 59.4 cm³/mol. The van der Waals surface area contributed by atoms with Crippen LogP contribution in [0.3, 0.4) is 0 Å². The van der Waals surface area contributed by atoms with E-state index in [1.807, 2.05) is 43.3 Å². The normalized spacial score (nSPS) is 10.6. The first-order valence-corrected chi connectivity index (χ1v) is 4.45. The number of nitrogens with zero attached hydrogens (tertiary/aromatic N) is 1. The number of hydroxylamine groups is 1. The van der Waals surface area contributed by atoms with E-state index in [0.717, 1.165) is 15.9 Å². The van der Waals surface area contributed by atoms with Crippen molar-refractivity contribution in [1.29, 1.82) is 0 Å². The van der Waals surface area contributed by atoms with Crippen LogP contribution in [0.2, 0.25) is 0 Å². The summed E-state index contributed by atoms with van der Waals surface area (Å²) >= 11 is 0. The molecule has 0 heterocycles. The van der Waals surface area contributed by atoms with Crippen LogP contribution in [0.4, 0.5) is 0 Å². The van der Waals surface area contributed by atoms with E-state index in [1.165, 1.54) is 7.05 Å². The highest BCUT2D eigenvalue weighted by Crippen LogP contribution is 2.07. The lowest BCUT2D eigenvalue weighted by Gasteiger charge is -1.99. The quantitative estimate of drug-likeness (QED) is 0.229. The van der Waals surface area contributed by atoms with Crippen LogP contribution in [0.1, 0.15) is 18.1 Å². The van der Waals surface area contributed by atoms with Gasteiger partial charge in [-0.15, -0.1) is 5.73 Å². The fourth-order valence-electron chi connectivity index (χ4n) is 1.13. The van der Waals surface area contributed by atoms with Gasteiger partial charge in [0.25, 0.3) is 0 Å². The van der Waals surface area contributed by atoms with Gasteiger partial charge in [0.2, 0.25) is 0 Å². The molecule has 0 aromatic heterocycles. The minimum atomic E-state index is 0.794. The Morgan fingerprint density at radius 2 is 1.93 bits per heavy atom. The van der Waals surface area contributed by atoms with Gasteiger partial charge in [-0.1, -0.05) is 18.2 Å². The molecule has 0 amide bonds. The van der Waals surface area contributed by atoms with Gasteiger partial charge in [0.1, 0.15) is 7.05 Å². The highest BCUT2D eigenvalue weighted by Gasteiger charge is 1.97. The van der Waals surface area contributed by atoms with E-state index in [9.17, 15) is 5.21 Å². The number of hydrogen-bond donors (Lipinski definition) is 0. The molecular formula is C12H13NO. The molecule has 0 unspecified atom stereocenters. The monoisotopic (exact) mass is 187 g/mol. The van der Waals surface area contributed by atoms with Gasteiger partial charge in [0.15, 0.2) is 6.21 Å². The van der Waals surface area contributed by atoms with E-state index in [4.69, 9.17) is 0 Å². The topological polar surface area (TPSA) is 26.1 Å². The summed E-state index contributed by atoms with van der Waals surface area (Å²) in [6.45, 7) is 1.91. The third-order valence-electron chi connectivity index (χ3n) is 1.72. The van der Waals surface area contributed by atoms with Gasteiger partial charge in [-0.25, -0.2) is 4.74 Å². The van der Waals surface area contributed by atoms with Crippen LogP contribution < -0.4 is 0 Å². The Balaban J connectivity index is 3.16. The highest BCUT2D eigenvalue weighted by molar-refractivity contribution is 5.82. The summed E-state index contributed by atoms with van der Waals surface area (Å²) in [7, 11) is 1.47. The predicted octanol–water partition coefficient (Wildman–Crippen LogP) is 2.43. The Hall–Kier alpha value is -1.79. The Labute approximate surface area is 84.1 Å². The molecular weight excluding hydrogens is 174 g/mol. The van der Waals surface area contributed by atoms with E-state index >= 15 is 0 Å². The Morgan fingerprint density at radius 3 is 2.50 bits per heavy atom. The molecule has 1 rings (SSSR count). The first-order chi connectivity index (χ1) is 6.74. The number of allylic oxidation sites excluding steroid dienone is 1. The van der Waals surface area contributed by atoms with Crippen molar-refractivity contribution in [3.05, 3.63) is 52.4 Å². The zero-order valence-electron chi connectivity index (χ0n) is 8.40. The Morgan fingerprint density at radius 1 is 1.29 bits per heavy atom. The average Bonchev–Trinajstić information content (AvgIpc) is 2.16. The van der Waals surface area contributed by atoms with Gasteiger partial charge in [-0.3, -0.25) is 0 Å². The summed E-state index contributed by atoms with van der Waals surface area (Å²) in [5, 5.41) is 10.9. The molecule has 0 N–H and O–H groups in total. The zero-order chi connectivity index (χ0) is 10.4. The molecule has 72 valence electrons. The molecule has 0 atom stereocenters. The summed E-state index contributed by atoms with van der Waals surface area (Å²) in [4.78, 5) is 0. The van der Waals surface area contributed by atoms with E-state index in [-0.39, 0.29) is 0 Å². The summed E-state index contributed by atoms with van der Waals surface area (Å²) in [5.41, 5.74) is 4.88. The lowest BCUT2D eigenvalue weighted by Crippen LogP contribution is -1.98. The molecule has 0 radical (unpaired) electrons. The molecule has 2 heteroatoms. The summed E-state index contributed by atoms with van der Waals surface area (Å²) in [6, 6.07) is 7.69. The number of benzene rings is 1. The lowest BCUT2D eigenvalue weighted by atomic mass is 10.1. The summed E-state index contributed by atoms with van der Waals surface area (Å²) < 4.78 is 0.794. The number of rotatable bonds is 2.